The first-order chi connectivity index (χ1) is 12.1. The van der Waals surface area contributed by atoms with Crippen LogP contribution in [0, 0.1) is 6.92 Å². The SMILES string of the molecule is Cc1cccc(NCc2cc(Cl)cc(Cl)c2OCc2ccccc2)c1. The van der Waals surface area contributed by atoms with Gasteiger partial charge in [0.25, 0.3) is 0 Å². The topological polar surface area (TPSA) is 21.3 Å². The lowest BCUT2D eigenvalue weighted by Gasteiger charge is -2.15. The quantitative estimate of drug-likeness (QED) is 0.534. The van der Waals surface area contributed by atoms with Crippen LogP contribution >= 0.6 is 23.2 Å². The minimum absolute atomic E-state index is 0.458. The summed E-state index contributed by atoms with van der Waals surface area (Å²) >= 11 is 12.5. The van der Waals surface area contributed by atoms with Crippen LogP contribution in [0.3, 0.4) is 0 Å². The second-order valence-corrected chi connectivity index (χ2v) is 6.72. The zero-order valence-corrected chi connectivity index (χ0v) is 15.4. The van der Waals surface area contributed by atoms with Gasteiger partial charge in [-0.2, -0.15) is 0 Å². The van der Waals surface area contributed by atoms with Gasteiger partial charge < -0.3 is 10.1 Å². The lowest BCUT2D eigenvalue weighted by molar-refractivity contribution is 0.303. The molecule has 0 fully saturated rings. The number of hydrogen-bond donors (Lipinski definition) is 1. The summed E-state index contributed by atoms with van der Waals surface area (Å²) in [5.74, 6) is 0.662. The van der Waals surface area contributed by atoms with Crippen LogP contribution in [0.25, 0.3) is 0 Å². The fourth-order valence-electron chi connectivity index (χ4n) is 2.59. The lowest BCUT2D eigenvalue weighted by atomic mass is 10.1. The smallest absolute Gasteiger partial charge is 0.143 e. The second kappa shape index (κ2) is 8.28. The molecule has 2 nitrogen and oxygen atoms in total. The molecule has 0 aliphatic heterocycles. The van der Waals surface area contributed by atoms with Gasteiger partial charge >= 0.3 is 0 Å². The molecule has 3 aromatic carbocycles. The molecule has 3 rings (SSSR count). The van der Waals surface area contributed by atoms with Crippen molar-refractivity contribution in [2.45, 2.75) is 20.1 Å². The van der Waals surface area contributed by atoms with Gasteiger partial charge in [-0.3, -0.25) is 0 Å². The van der Waals surface area contributed by atoms with Crippen LogP contribution in [0.15, 0.2) is 66.7 Å². The summed E-state index contributed by atoms with van der Waals surface area (Å²) in [5.41, 5.74) is 4.26. The highest BCUT2D eigenvalue weighted by Gasteiger charge is 2.11. The monoisotopic (exact) mass is 371 g/mol. The standard InChI is InChI=1S/C21H19Cl2NO/c1-15-6-5-9-19(10-15)24-13-17-11-18(22)12-20(23)21(17)25-14-16-7-3-2-4-8-16/h2-12,24H,13-14H2,1H3. The normalized spacial score (nSPS) is 10.5. The van der Waals surface area contributed by atoms with Crippen LogP contribution < -0.4 is 10.1 Å². The van der Waals surface area contributed by atoms with Gasteiger partial charge in [0.1, 0.15) is 12.4 Å². The van der Waals surface area contributed by atoms with E-state index < -0.39 is 0 Å². The number of anilines is 1. The van der Waals surface area contributed by atoms with Crippen molar-refractivity contribution in [3.8, 4) is 5.75 Å². The molecule has 0 amide bonds. The molecule has 0 radical (unpaired) electrons. The Morgan fingerprint density at radius 3 is 2.48 bits per heavy atom. The molecular weight excluding hydrogens is 353 g/mol. The van der Waals surface area contributed by atoms with Gasteiger partial charge in [-0.15, -0.1) is 0 Å². The Morgan fingerprint density at radius 2 is 1.72 bits per heavy atom. The Labute approximate surface area is 158 Å². The largest absolute Gasteiger partial charge is 0.487 e. The predicted octanol–water partition coefficient (Wildman–Crippen LogP) is 6.49. The molecule has 0 saturated heterocycles. The summed E-state index contributed by atoms with van der Waals surface area (Å²) in [4.78, 5) is 0. The minimum atomic E-state index is 0.458. The highest BCUT2D eigenvalue weighted by atomic mass is 35.5. The van der Waals surface area contributed by atoms with Gasteiger partial charge in [0.05, 0.1) is 5.02 Å². The maximum atomic E-state index is 6.37. The Bertz CT molecular complexity index is 850. The molecule has 0 spiro atoms. The van der Waals surface area contributed by atoms with Crippen molar-refractivity contribution in [2.24, 2.45) is 0 Å². The average molecular weight is 372 g/mol. The van der Waals surface area contributed by atoms with E-state index in [0.717, 1.165) is 16.8 Å². The molecule has 4 heteroatoms. The molecule has 0 aliphatic rings. The minimum Gasteiger partial charge on any atom is -0.487 e. The van der Waals surface area contributed by atoms with Crippen molar-refractivity contribution in [3.63, 3.8) is 0 Å². The molecule has 25 heavy (non-hydrogen) atoms. The molecule has 1 N–H and O–H groups in total. The van der Waals surface area contributed by atoms with E-state index >= 15 is 0 Å². The lowest BCUT2D eigenvalue weighted by Crippen LogP contribution is -2.04. The van der Waals surface area contributed by atoms with E-state index in [1.807, 2.05) is 48.5 Å². The van der Waals surface area contributed by atoms with E-state index in [4.69, 9.17) is 27.9 Å². The van der Waals surface area contributed by atoms with Crippen molar-refractivity contribution >= 4 is 28.9 Å². The summed E-state index contributed by atoms with van der Waals surface area (Å²) in [6, 6.07) is 21.8. The van der Waals surface area contributed by atoms with Gasteiger partial charge in [0, 0.05) is 22.8 Å². The molecule has 0 aliphatic carbocycles. The predicted molar refractivity (Wildman–Crippen MR) is 106 cm³/mol. The van der Waals surface area contributed by atoms with Crippen LogP contribution in [0.1, 0.15) is 16.7 Å². The third-order valence-corrected chi connectivity index (χ3v) is 4.31. The van der Waals surface area contributed by atoms with Crippen LogP contribution in [0.4, 0.5) is 5.69 Å². The Kier molecular flexibility index (Phi) is 5.85. The van der Waals surface area contributed by atoms with E-state index in [-0.39, 0.29) is 0 Å². The van der Waals surface area contributed by atoms with Crippen molar-refractivity contribution in [2.75, 3.05) is 5.32 Å². The molecule has 0 bridgehead atoms. The number of halogens is 2. The van der Waals surface area contributed by atoms with Gasteiger partial charge in [0.2, 0.25) is 0 Å². The zero-order chi connectivity index (χ0) is 17.6. The summed E-state index contributed by atoms with van der Waals surface area (Å²) < 4.78 is 5.99. The zero-order valence-electron chi connectivity index (χ0n) is 13.9. The fraction of sp³-hybridized carbons (Fsp3) is 0.143. The van der Waals surface area contributed by atoms with Gasteiger partial charge in [-0.1, -0.05) is 65.7 Å². The third-order valence-electron chi connectivity index (χ3n) is 3.81. The van der Waals surface area contributed by atoms with E-state index in [9.17, 15) is 0 Å². The van der Waals surface area contributed by atoms with E-state index in [1.54, 1.807) is 6.07 Å². The van der Waals surface area contributed by atoms with Crippen molar-refractivity contribution in [3.05, 3.63) is 93.5 Å². The number of ether oxygens (including phenoxy) is 1. The summed E-state index contributed by atoms with van der Waals surface area (Å²) in [5, 5.41) is 4.51. The number of rotatable bonds is 6. The maximum absolute atomic E-state index is 6.37. The first-order valence-electron chi connectivity index (χ1n) is 8.07. The second-order valence-electron chi connectivity index (χ2n) is 5.87. The molecule has 128 valence electrons. The highest BCUT2D eigenvalue weighted by Crippen LogP contribution is 2.33. The number of hydrogen-bond acceptors (Lipinski definition) is 2. The first-order valence-corrected chi connectivity index (χ1v) is 8.82. The first kappa shape index (κ1) is 17.7. The van der Waals surface area contributed by atoms with Gasteiger partial charge in [-0.25, -0.2) is 0 Å². The molecule has 0 atom stereocenters. The Morgan fingerprint density at radius 1 is 0.920 bits per heavy atom. The van der Waals surface area contributed by atoms with Gasteiger partial charge in [-0.05, 0) is 42.3 Å². The van der Waals surface area contributed by atoms with E-state index in [0.29, 0.717) is 28.9 Å². The average Bonchev–Trinajstić information content (AvgIpc) is 2.60. The van der Waals surface area contributed by atoms with Gasteiger partial charge in [0.15, 0.2) is 0 Å². The van der Waals surface area contributed by atoms with E-state index in [1.165, 1.54) is 5.56 Å². The molecule has 0 unspecified atom stereocenters. The summed E-state index contributed by atoms with van der Waals surface area (Å²) in [6.07, 6.45) is 0. The Hall–Kier alpha value is -2.16. The molecule has 0 heterocycles. The van der Waals surface area contributed by atoms with Crippen molar-refractivity contribution in [1.29, 1.82) is 0 Å². The molecule has 0 aromatic heterocycles. The summed E-state index contributed by atoms with van der Waals surface area (Å²) in [7, 11) is 0. The van der Waals surface area contributed by atoms with Crippen molar-refractivity contribution < 1.29 is 4.74 Å². The molecular formula is C21H19Cl2NO. The number of aryl methyl sites for hydroxylation is 1. The van der Waals surface area contributed by atoms with Crippen LogP contribution in [-0.4, -0.2) is 0 Å². The van der Waals surface area contributed by atoms with Crippen molar-refractivity contribution in [1.82, 2.24) is 0 Å². The highest BCUT2D eigenvalue weighted by molar-refractivity contribution is 6.35. The van der Waals surface area contributed by atoms with E-state index in [2.05, 4.69) is 24.4 Å². The molecule has 0 saturated carbocycles. The maximum Gasteiger partial charge on any atom is 0.143 e. The molecule has 3 aromatic rings. The fourth-order valence-corrected chi connectivity index (χ4v) is 3.18. The van der Waals surface area contributed by atoms with Crippen LogP contribution in [-0.2, 0) is 13.2 Å². The number of benzene rings is 3. The number of nitrogens with one attached hydrogen (secondary N) is 1. The van der Waals surface area contributed by atoms with Crippen LogP contribution in [0.2, 0.25) is 10.0 Å². The van der Waals surface area contributed by atoms with Crippen LogP contribution in [0.5, 0.6) is 5.75 Å². The Balaban J connectivity index is 1.77. The summed E-state index contributed by atoms with van der Waals surface area (Å²) in [6.45, 7) is 3.10. The third kappa shape index (κ3) is 4.91.